The SMILES string of the molecule is CC(NCc1cccc(F)c1)C1CC1. The van der Waals surface area contributed by atoms with E-state index in [1.807, 2.05) is 6.07 Å². The monoisotopic (exact) mass is 193 g/mol. The summed E-state index contributed by atoms with van der Waals surface area (Å²) >= 11 is 0. The van der Waals surface area contributed by atoms with Gasteiger partial charge < -0.3 is 5.32 Å². The quantitative estimate of drug-likeness (QED) is 0.775. The van der Waals surface area contributed by atoms with E-state index in [2.05, 4.69) is 12.2 Å². The second kappa shape index (κ2) is 4.09. The predicted octanol–water partition coefficient (Wildman–Crippen LogP) is 2.71. The minimum absolute atomic E-state index is 0.150. The Morgan fingerprint density at radius 2 is 2.29 bits per heavy atom. The molecular formula is C12H16FN. The Hall–Kier alpha value is -0.890. The molecule has 0 radical (unpaired) electrons. The number of nitrogens with one attached hydrogen (secondary N) is 1. The van der Waals surface area contributed by atoms with E-state index in [-0.39, 0.29) is 5.82 Å². The molecule has 1 saturated carbocycles. The number of rotatable bonds is 4. The van der Waals surface area contributed by atoms with Crippen molar-refractivity contribution in [3.05, 3.63) is 35.6 Å². The van der Waals surface area contributed by atoms with Crippen LogP contribution in [-0.4, -0.2) is 6.04 Å². The van der Waals surface area contributed by atoms with Crippen molar-refractivity contribution in [1.82, 2.24) is 5.32 Å². The second-order valence-electron chi connectivity index (χ2n) is 4.14. The summed E-state index contributed by atoms with van der Waals surface area (Å²) in [5, 5.41) is 3.42. The molecule has 2 rings (SSSR count). The average Bonchev–Trinajstić information content (AvgIpc) is 2.97. The van der Waals surface area contributed by atoms with Crippen LogP contribution in [0.5, 0.6) is 0 Å². The zero-order chi connectivity index (χ0) is 9.97. The first kappa shape index (κ1) is 9.66. The van der Waals surface area contributed by atoms with E-state index in [4.69, 9.17) is 0 Å². The summed E-state index contributed by atoms with van der Waals surface area (Å²) in [5.74, 6) is 0.701. The summed E-state index contributed by atoms with van der Waals surface area (Å²) in [6, 6.07) is 7.35. The third kappa shape index (κ3) is 2.55. The summed E-state index contributed by atoms with van der Waals surface area (Å²) in [5.41, 5.74) is 1.03. The number of benzene rings is 1. The Bertz CT molecular complexity index is 307. The molecule has 1 aliphatic carbocycles. The van der Waals surface area contributed by atoms with Crippen molar-refractivity contribution in [1.29, 1.82) is 0 Å². The van der Waals surface area contributed by atoms with Crippen molar-refractivity contribution < 1.29 is 4.39 Å². The van der Waals surface area contributed by atoms with Gasteiger partial charge in [0.1, 0.15) is 5.82 Å². The van der Waals surface area contributed by atoms with Crippen LogP contribution in [0, 0.1) is 11.7 Å². The molecule has 1 fully saturated rings. The standard InChI is InChI=1S/C12H16FN/c1-9(11-5-6-11)14-8-10-3-2-4-12(13)7-10/h2-4,7,9,11,14H,5-6,8H2,1H3. The molecule has 1 aliphatic rings. The molecule has 0 spiro atoms. The first-order chi connectivity index (χ1) is 6.75. The molecule has 1 N–H and O–H groups in total. The van der Waals surface area contributed by atoms with Gasteiger partial charge in [-0.15, -0.1) is 0 Å². The molecule has 0 heterocycles. The molecule has 0 aromatic heterocycles. The lowest BCUT2D eigenvalue weighted by molar-refractivity contribution is 0.495. The van der Waals surface area contributed by atoms with E-state index in [1.165, 1.54) is 18.9 Å². The lowest BCUT2D eigenvalue weighted by Gasteiger charge is -2.12. The summed E-state index contributed by atoms with van der Waals surface area (Å²) in [4.78, 5) is 0. The molecule has 0 bridgehead atoms. The van der Waals surface area contributed by atoms with Crippen molar-refractivity contribution in [3.8, 4) is 0 Å². The van der Waals surface area contributed by atoms with Gasteiger partial charge in [-0.1, -0.05) is 12.1 Å². The van der Waals surface area contributed by atoms with Crippen molar-refractivity contribution in [2.24, 2.45) is 5.92 Å². The van der Waals surface area contributed by atoms with Crippen molar-refractivity contribution >= 4 is 0 Å². The smallest absolute Gasteiger partial charge is 0.123 e. The van der Waals surface area contributed by atoms with E-state index < -0.39 is 0 Å². The van der Waals surface area contributed by atoms with Crippen LogP contribution in [0.2, 0.25) is 0 Å². The Labute approximate surface area is 84.3 Å². The van der Waals surface area contributed by atoms with Gasteiger partial charge in [0.15, 0.2) is 0 Å². The van der Waals surface area contributed by atoms with Gasteiger partial charge in [-0.2, -0.15) is 0 Å². The number of halogens is 1. The zero-order valence-corrected chi connectivity index (χ0v) is 8.46. The van der Waals surface area contributed by atoms with E-state index in [1.54, 1.807) is 12.1 Å². The van der Waals surface area contributed by atoms with Crippen LogP contribution in [0.1, 0.15) is 25.3 Å². The lowest BCUT2D eigenvalue weighted by Crippen LogP contribution is -2.27. The van der Waals surface area contributed by atoms with Crippen LogP contribution in [0.3, 0.4) is 0 Å². The predicted molar refractivity (Wildman–Crippen MR) is 55.4 cm³/mol. The maximum Gasteiger partial charge on any atom is 0.123 e. The molecule has 2 heteroatoms. The van der Waals surface area contributed by atoms with Gasteiger partial charge in [0.2, 0.25) is 0 Å². The molecular weight excluding hydrogens is 177 g/mol. The molecule has 1 unspecified atom stereocenters. The highest BCUT2D eigenvalue weighted by Crippen LogP contribution is 2.32. The van der Waals surface area contributed by atoms with Crippen LogP contribution < -0.4 is 5.32 Å². The summed E-state index contributed by atoms with van der Waals surface area (Å²) < 4.78 is 12.8. The molecule has 0 amide bonds. The normalized spacial score (nSPS) is 18.1. The third-order valence-corrected chi connectivity index (χ3v) is 2.85. The molecule has 1 aromatic carbocycles. The van der Waals surface area contributed by atoms with Crippen molar-refractivity contribution in [3.63, 3.8) is 0 Å². The maximum atomic E-state index is 12.8. The maximum absolute atomic E-state index is 12.8. The number of hydrogen-bond donors (Lipinski definition) is 1. The second-order valence-corrected chi connectivity index (χ2v) is 4.14. The molecule has 1 atom stereocenters. The lowest BCUT2D eigenvalue weighted by atomic mass is 10.2. The Morgan fingerprint density at radius 1 is 1.50 bits per heavy atom. The van der Waals surface area contributed by atoms with Gasteiger partial charge >= 0.3 is 0 Å². The molecule has 14 heavy (non-hydrogen) atoms. The van der Waals surface area contributed by atoms with Crippen LogP contribution in [0.25, 0.3) is 0 Å². The Morgan fingerprint density at radius 3 is 2.93 bits per heavy atom. The van der Waals surface area contributed by atoms with E-state index >= 15 is 0 Å². The van der Waals surface area contributed by atoms with E-state index in [0.717, 1.165) is 18.0 Å². The first-order valence-corrected chi connectivity index (χ1v) is 5.23. The van der Waals surface area contributed by atoms with Gasteiger partial charge in [0.05, 0.1) is 0 Å². The largest absolute Gasteiger partial charge is 0.310 e. The topological polar surface area (TPSA) is 12.0 Å². The zero-order valence-electron chi connectivity index (χ0n) is 8.46. The highest BCUT2D eigenvalue weighted by Gasteiger charge is 2.27. The van der Waals surface area contributed by atoms with Gasteiger partial charge in [-0.3, -0.25) is 0 Å². The highest BCUT2D eigenvalue weighted by molar-refractivity contribution is 5.16. The van der Waals surface area contributed by atoms with Gasteiger partial charge in [0, 0.05) is 12.6 Å². The summed E-state index contributed by atoms with van der Waals surface area (Å²) in [7, 11) is 0. The Balaban J connectivity index is 1.84. The minimum atomic E-state index is -0.150. The van der Waals surface area contributed by atoms with Gasteiger partial charge in [-0.25, -0.2) is 4.39 Å². The summed E-state index contributed by atoms with van der Waals surface area (Å²) in [6.07, 6.45) is 2.69. The van der Waals surface area contributed by atoms with Crippen molar-refractivity contribution in [2.75, 3.05) is 0 Å². The minimum Gasteiger partial charge on any atom is -0.310 e. The fourth-order valence-corrected chi connectivity index (χ4v) is 1.69. The third-order valence-electron chi connectivity index (χ3n) is 2.85. The fraction of sp³-hybridized carbons (Fsp3) is 0.500. The first-order valence-electron chi connectivity index (χ1n) is 5.23. The summed E-state index contributed by atoms with van der Waals surface area (Å²) in [6.45, 7) is 2.98. The fourth-order valence-electron chi connectivity index (χ4n) is 1.69. The van der Waals surface area contributed by atoms with E-state index in [0.29, 0.717) is 6.04 Å². The van der Waals surface area contributed by atoms with Crippen LogP contribution in [0.15, 0.2) is 24.3 Å². The Kier molecular flexibility index (Phi) is 2.82. The van der Waals surface area contributed by atoms with Gasteiger partial charge in [0.25, 0.3) is 0 Å². The molecule has 0 aliphatic heterocycles. The highest BCUT2D eigenvalue weighted by atomic mass is 19.1. The van der Waals surface area contributed by atoms with Crippen LogP contribution >= 0.6 is 0 Å². The molecule has 1 nitrogen and oxygen atoms in total. The molecule has 0 saturated heterocycles. The molecule has 76 valence electrons. The molecule has 1 aromatic rings. The van der Waals surface area contributed by atoms with Gasteiger partial charge in [-0.05, 0) is 43.4 Å². The van der Waals surface area contributed by atoms with E-state index in [9.17, 15) is 4.39 Å². The van der Waals surface area contributed by atoms with Crippen LogP contribution in [0.4, 0.5) is 4.39 Å². The van der Waals surface area contributed by atoms with Crippen LogP contribution in [-0.2, 0) is 6.54 Å². The average molecular weight is 193 g/mol. The van der Waals surface area contributed by atoms with Crippen molar-refractivity contribution in [2.45, 2.75) is 32.4 Å². The number of hydrogen-bond acceptors (Lipinski definition) is 1.